The molecular formula is C18H27Cl2N5O2S. The molecule has 2 aromatic rings. The number of hydrogen-bond donors (Lipinski definition) is 2. The lowest BCUT2D eigenvalue weighted by atomic mass is 9.92. The second kappa shape index (κ2) is 9.82. The predicted molar refractivity (Wildman–Crippen MR) is 117 cm³/mol. The molecule has 0 radical (unpaired) electrons. The molecule has 0 unspecified atom stereocenters. The monoisotopic (exact) mass is 447 g/mol. The van der Waals surface area contributed by atoms with Crippen LogP contribution in [0.1, 0.15) is 52.3 Å². The third-order valence-corrected chi connectivity index (χ3v) is 6.22. The number of hydrogen-bond acceptors (Lipinski definition) is 6. The number of nitrogens with two attached hydrogens (primary N) is 1. The minimum atomic E-state index is -0.199. The summed E-state index contributed by atoms with van der Waals surface area (Å²) >= 11 is 1.27. The van der Waals surface area contributed by atoms with Crippen molar-refractivity contribution in [3.8, 4) is 10.6 Å². The molecule has 10 heteroatoms. The molecular weight excluding hydrogens is 421 g/mol. The summed E-state index contributed by atoms with van der Waals surface area (Å²) in [5.41, 5.74) is 8.47. The molecule has 0 bridgehead atoms. The van der Waals surface area contributed by atoms with E-state index >= 15 is 0 Å². The van der Waals surface area contributed by atoms with Crippen LogP contribution in [-0.2, 0) is 7.05 Å². The van der Waals surface area contributed by atoms with E-state index in [1.165, 1.54) is 16.0 Å². The first kappa shape index (κ1) is 24.6. The van der Waals surface area contributed by atoms with Gasteiger partial charge in [-0.1, -0.05) is 0 Å². The van der Waals surface area contributed by atoms with E-state index in [-0.39, 0.29) is 48.4 Å². The standard InChI is InChI=1S/C18H25N5O2S.2ClH/c1-9-10(2)22-23(4)18(25)14(9)17-20-11(3)15(26-17)16(24)21-13-7-5-12(19)6-8-13;;/h12-13H,5-8,19H2,1-4H3,(H,21,24);2*1H. The van der Waals surface area contributed by atoms with E-state index < -0.39 is 0 Å². The Morgan fingerprint density at radius 1 is 1.14 bits per heavy atom. The fraction of sp³-hybridized carbons (Fsp3) is 0.556. The Balaban J connectivity index is 0.00000196. The van der Waals surface area contributed by atoms with Gasteiger partial charge in [0.2, 0.25) is 0 Å². The van der Waals surface area contributed by atoms with Gasteiger partial charge in [-0.2, -0.15) is 5.10 Å². The molecule has 2 aromatic heterocycles. The molecule has 2 heterocycles. The zero-order chi connectivity index (χ0) is 19.0. The first-order valence-corrected chi connectivity index (χ1v) is 9.68. The predicted octanol–water partition coefficient (Wildman–Crippen LogP) is 2.67. The molecule has 3 rings (SSSR count). The Bertz CT molecular complexity index is 904. The van der Waals surface area contributed by atoms with Crippen LogP contribution in [0.4, 0.5) is 0 Å². The Morgan fingerprint density at radius 2 is 1.75 bits per heavy atom. The van der Waals surface area contributed by atoms with Crippen LogP contribution in [0.25, 0.3) is 10.6 Å². The van der Waals surface area contributed by atoms with Gasteiger partial charge in [0.1, 0.15) is 9.88 Å². The zero-order valence-electron chi connectivity index (χ0n) is 16.4. The first-order chi connectivity index (χ1) is 12.3. The van der Waals surface area contributed by atoms with Crippen molar-refractivity contribution in [3.05, 3.63) is 32.2 Å². The van der Waals surface area contributed by atoms with Crippen molar-refractivity contribution in [1.82, 2.24) is 20.1 Å². The zero-order valence-corrected chi connectivity index (χ0v) is 18.9. The van der Waals surface area contributed by atoms with Gasteiger partial charge in [-0.25, -0.2) is 9.67 Å². The summed E-state index contributed by atoms with van der Waals surface area (Å²) in [6, 6.07) is 0.402. The molecule has 0 atom stereocenters. The van der Waals surface area contributed by atoms with Gasteiger partial charge in [-0.15, -0.1) is 36.2 Å². The number of carbonyl (C=O) groups is 1. The van der Waals surface area contributed by atoms with E-state index in [4.69, 9.17) is 5.73 Å². The number of aryl methyl sites for hydroxylation is 3. The van der Waals surface area contributed by atoms with Crippen molar-refractivity contribution in [2.24, 2.45) is 12.8 Å². The van der Waals surface area contributed by atoms with Crippen molar-refractivity contribution < 1.29 is 4.79 Å². The van der Waals surface area contributed by atoms with Crippen LogP contribution in [0.3, 0.4) is 0 Å². The smallest absolute Gasteiger partial charge is 0.277 e. The van der Waals surface area contributed by atoms with E-state index in [0.29, 0.717) is 21.1 Å². The van der Waals surface area contributed by atoms with Gasteiger partial charge in [0.15, 0.2) is 0 Å². The first-order valence-electron chi connectivity index (χ1n) is 8.86. The number of halogens is 2. The quantitative estimate of drug-likeness (QED) is 0.752. The molecule has 7 nitrogen and oxygen atoms in total. The number of aromatic nitrogens is 3. The van der Waals surface area contributed by atoms with Gasteiger partial charge >= 0.3 is 0 Å². The Labute approximate surface area is 180 Å². The molecule has 0 aromatic carbocycles. The maximum Gasteiger partial charge on any atom is 0.277 e. The second-order valence-corrected chi connectivity index (χ2v) is 8.03. The summed E-state index contributed by atoms with van der Waals surface area (Å²) in [7, 11) is 1.63. The second-order valence-electron chi connectivity index (χ2n) is 7.03. The molecule has 1 aliphatic rings. The number of carbonyl (C=O) groups excluding carboxylic acids is 1. The lowest BCUT2D eigenvalue weighted by Gasteiger charge is -2.26. The van der Waals surface area contributed by atoms with Crippen molar-refractivity contribution in [3.63, 3.8) is 0 Å². The van der Waals surface area contributed by atoms with Gasteiger partial charge in [0.05, 0.1) is 17.0 Å². The molecule has 1 amide bonds. The number of thiazole rings is 1. The van der Waals surface area contributed by atoms with Crippen molar-refractivity contribution >= 4 is 42.1 Å². The maximum absolute atomic E-state index is 12.7. The van der Waals surface area contributed by atoms with Crippen LogP contribution in [0.2, 0.25) is 0 Å². The maximum atomic E-state index is 12.7. The van der Waals surface area contributed by atoms with Crippen LogP contribution < -0.4 is 16.6 Å². The summed E-state index contributed by atoms with van der Waals surface area (Å²) in [5, 5.41) is 7.86. The summed E-state index contributed by atoms with van der Waals surface area (Å²) in [6.07, 6.45) is 3.68. The van der Waals surface area contributed by atoms with Crippen LogP contribution >= 0.6 is 36.2 Å². The summed E-state index contributed by atoms with van der Waals surface area (Å²) in [6.45, 7) is 5.53. The van der Waals surface area contributed by atoms with Crippen LogP contribution in [-0.4, -0.2) is 32.8 Å². The van der Waals surface area contributed by atoms with Crippen molar-refractivity contribution in [2.75, 3.05) is 0 Å². The van der Waals surface area contributed by atoms with Gasteiger partial charge in [-0.05, 0) is 52.0 Å². The topological polar surface area (TPSA) is 103 Å². The highest BCUT2D eigenvalue weighted by Crippen LogP contribution is 2.29. The van der Waals surface area contributed by atoms with Gasteiger partial charge < -0.3 is 11.1 Å². The molecule has 3 N–H and O–H groups in total. The molecule has 1 fully saturated rings. The minimum absolute atomic E-state index is 0. The van der Waals surface area contributed by atoms with E-state index in [1.54, 1.807) is 14.0 Å². The van der Waals surface area contributed by atoms with Gasteiger partial charge in [0, 0.05) is 19.1 Å². The third-order valence-electron chi connectivity index (χ3n) is 5.05. The minimum Gasteiger partial charge on any atom is -0.349 e. The van der Waals surface area contributed by atoms with Crippen LogP contribution in [0, 0.1) is 20.8 Å². The SMILES string of the molecule is Cc1nc(-c2c(C)c(C)nn(C)c2=O)sc1C(=O)NC1CCC(N)CC1.Cl.Cl. The highest BCUT2D eigenvalue weighted by atomic mass is 35.5. The molecule has 1 saturated carbocycles. The number of nitrogens with one attached hydrogen (secondary N) is 1. The van der Waals surface area contributed by atoms with Crippen LogP contribution in [0.5, 0.6) is 0 Å². The summed E-state index contributed by atoms with van der Waals surface area (Å²) in [4.78, 5) is 30.3. The average molecular weight is 448 g/mol. The molecule has 1 aliphatic carbocycles. The Morgan fingerprint density at radius 3 is 2.36 bits per heavy atom. The van der Waals surface area contributed by atoms with Crippen molar-refractivity contribution in [1.29, 1.82) is 0 Å². The van der Waals surface area contributed by atoms with Gasteiger partial charge in [0.25, 0.3) is 11.5 Å². The molecule has 0 spiro atoms. The Kier molecular flexibility index (Phi) is 8.62. The number of nitrogens with zero attached hydrogens (tertiary/aromatic N) is 3. The largest absolute Gasteiger partial charge is 0.349 e. The lowest BCUT2D eigenvalue weighted by Crippen LogP contribution is -2.40. The lowest BCUT2D eigenvalue weighted by molar-refractivity contribution is 0.0929. The normalized spacial score (nSPS) is 18.8. The number of rotatable bonds is 3. The number of amides is 1. The molecule has 0 aliphatic heterocycles. The Hall–Kier alpha value is -1.48. The van der Waals surface area contributed by atoms with Crippen molar-refractivity contribution in [2.45, 2.75) is 58.5 Å². The molecule has 0 saturated heterocycles. The third kappa shape index (κ3) is 4.92. The van der Waals surface area contributed by atoms with E-state index in [1.807, 2.05) is 13.8 Å². The van der Waals surface area contributed by atoms with E-state index in [9.17, 15) is 9.59 Å². The van der Waals surface area contributed by atoms with E-state index in [2.05, 4.69) is 15.4 Å². The van der Waals surface area contributed by atoms with E-state index in [0.717, 1.165) is 36.9 Å². The van der Waals surface area contributed by atoms with Crippen LogP contribution in [0.15, 0.2) is 4.79 Å². The fourth-order valence-corrected chi connectivity index (χ4v) is 4.39. The highest BCUT2D eigenvalue weighted by Gasteiger charge is 2.24. The summed E-state index contributed by atoms with van der Waals surface area (Å²) < 4.78 is 1.32. The van der Waals surface area contributed by atoms with Gasteiger partial charge in [-0.3, -0.25) is 9.59 Å². The fourth-order valence-electron chi connectivity index (χ4n) is 3.33. The average Bonchev–Trinajstić information content (AvgIpc) is 2.97. The summed E-state index contributed by atoms with van der Waals surface area (Å²) in [5.74, 6) is -0.119. The molecule has 156 valence electrons. The highest BCUT2D eigenvalue weighted by molar-refractivity contribution is 7.17. The molecule has 28 heavy (non-hydrogen) atoms.